The Bertz CT molecular complexity index is 757. The highest BCUT2D eigenvalue weighted by Gasteiger charge is 2.30. The highest BCUT2D eigenvalue weighted by Crippen LogP contribution is 2.30. The van der Waals surface area contributed by atoms with Crippen molar-refractivity contribution in [1.29, 1.82) is 0 Å². The van der Waals surface area contributed by atoms with Gasteiger partial charge in [0.2, 0.25) is 0 Å². The number of aromatic nitrogens is 1. The Hall–Kier alpha value is -2.68. The topological polar surface area (TPSA) is 70.8 Å². The molecule has 0 aliphatic carbocycles. The van der Waals surface area contributed by atoms with Gasteiger partial charge in [0.05, 0.1) is 12.1 Å². The van der Waals surface area contributed by atoms with Crippen LogP contribution in [-0.2, 0) is 19.8 Å². The van der Waals surface area contributed by atoms with Crippen molar-refractivity contribution in [2.24, 2.45) is 12.0 Å². The number of alkyl halides is 3. The van der Waals surface area contributed by atoms with E-state index < -0.39 is 17.8 Å². The summed E-state index contributed by atoms with van der Waals surface area (Å²) in [4.78, 5) is 4.44. The maximum Gasteiger partial charge on any atom is 0.416 e. The molecule has 0 aliphatic rings. The van der Waals surface area contributed by atoms with Gasteiger partial charge in [0, 0.05) is 32.5 Å². The lowest BCUT2D eigenvalue weighted by Gasteiger charge is -2.16. The summed E-state index contributed by atoms with van der Waals surface area (Å²) >= 11 is 0. The molecule has 6 nitrogen and oxygen atoms in total. The van der Waals surface area contributed by atoms with Crippen molar-refractivity contribution < 1.29 is 23.0 Å². The second-order valence-corrected chi connectivity index (χ2v) is 6.25. The predicted molar refractivity (Wildman–Crippen MR) is 101 cm³/mol. The van der Waals surface area contributed by atoms with E-state index in [4.69, 9.17) is 4.74 Å². The van der Waals surface area contributed by atoms with Crippen molar-refractivity contribution >= 4 is 5.96 Å². The summed E-state index contributed by atoms with van der Waals surface area (Å²) in [6.07, 6.45) is -1.33. The SMILES string of the molecule is CCNC(=NCc1ccn(C)c1)NCC(O)COc1ccc(C(F)(F)F)cc1. The lowest BCUT2D eigenvalue weighted by Crippen LogP contribution is -2.42. The van der Waals surface area contributed by atoms with Gasteiger partial charge in [-0.25, -0.2) is 4.99 Å². The number of ether oxygens (including phenoxy) is 1. The van der Waals surface area contributed by atoms with E-state index in [2.05, 4.69) is 15.6 Å². The van der Waals surface area contributed by atoms with E-state index in [0.717, 1.165) is 17.7 Å². The first-order valence-corrected chi connectivity index (χ1v) is 8.89. The molecule has 3 N–H and O–H groups in total. The maximum absolute atomic E-state index is 12.5. The van der Waals surface area contributed by atoms with Gasteiger partial charge in [-0.15, -0.1) is 0 Å². The lowest BCUT2D eigenvalue weighted by atomic mass is 10.2. The number of nitrogens with one attached hydrogen (secondary N) is 2. The third-order valence-corrected chi connectivity index (χ3v) is 3.79. The fraction of sp³-hybridized carbons (Fsp3) is 0.421. The van der Waals surface area contributed by atoms with Crippen LogP contribution in [0.1, 0.15) is 18.1 Å². The summed E-state index contributed by atoms with van der Waals surface area (Å²) in [5, 5.41) is 16.1. The third-order valence-electron chi connectivity index (χ3n) is 3.79. The highest BCUT2D eigenvalue weighted by molar-refractivity contribution is 5.79. The number of benzene rings is 1. The van der Waals surface area contributed by atoms with Gasteiger partial charge in [-0.3, -0.25) is 0 Å². The second kappa shape index (κ2) is 10.0. The summed E-state index contributed by atoms with van der Waals surface area (Å²) < 4.78 is 44.9. The van der Waals surface area contributed by atoms with Crippen molar-refractivity contribution in [2.75, 3.05) is 19.7 Å². The van der Waals surface area contributed by atoms with E-state index in [9.17, 15) is 18.3 Å². The molecule has 0 amide bonds. The average Bonchev–Trinajstić information content (AvgIpc) is 3.07. The van der Waals surface area contributed by atoms with Crippen LogP contribution in [-0.4, -0.2) is 41.4 Å². The van der Waals surface area contributed by atoms with Crippen molar-refractivity contribution in [3.05, 3.63) is 53.9 Å². The normalized spacial score (nSPS) is 13.3. The minimum Gasteiger partial charge on any atom is -0.491 e. The Morgan fingerprint density at radius 3 is 2.50 bits per heavy atom. The minimum atomic E-state index is -4.39. The standard InChI is InChI=1S/C19H25F3N4O2/c1-3-23-18(24-10-14-8-9-26(2)12-14)25-11-16(27)13-28-17-6-4-15(5-7-17)19(20,21)22/h4-9,12,16,27H,3,10-11,13H2,1-2H3,(H2,23,24,25). The summed E-state index contributed by atoms with van der Waals surface area (Å²) in [5.74, 6) is 0.816. The molecule has 1 aromatic carbocycles. The van der Waals surface area contributed by atoms with E-state index in [-0.39, 0.29) is 18.9 Å². The Morgan fingerprint density at radius 1 is 1.21 bits per heavy atom. The summed E-state index contributed by atoms with van der Waals surface area (Å²) in [6, 6.07) is 6.32. The third kappa shape index (κ3) is 7.15. The fourth-order valence-electron chi connectivity index (χ4n) is 2.37. The molecule has 0 bridgehead atoms. The summed E-state index contributed by atoms with van der Waals surface area (Å²) in [6.45, 7) is 3.22. The first kappa shape index (κ1) is 21.6. The number of aliphatic hydroxyl groups is 1. The van der Waals surface area contributed by atoms with E-state index in [1.165, 1.54) is 12.1 Å². The van der Waals surface area contributed by atoms with Crippen LogP contribution >= 0.6 is 0 Å². The fourth-order valence-corrected chi connectivity index (χ4v) is 2.37. The van der Waals surface area contributed by atoms with Crippen LogP contribution in [0.2, 0.25) is 0 Å². The Kier molecular flexibility index (Phi) is 7.74. The van der Waals surface area contributed by atoms with Crippen LogP contribution in [0.3, 0.4) is 0 Å². The molecular formula is C19H25F3N4O2. The monoisotopic (exact) mass is 398 g/mol. The molecule has 28 heavy (non-hydrogen) atoms. The van der Waals surface area contributed by atoms with Crippen LogP contribution in [0.25, 0.3) is 0 Å². The van der Waals surface area contributed by atoms with E-state index >= 15 is 0 Å². The molecular weight excluding hydrogens is 373 g/mol. The number of aryl methyl sites for hydroxylation is 1. The largest absolute Gasteiger partial charge is 0.491 e. The average molecular weight is 398 g/mol. The van der Waals surface area contributed by atoms with E-state index in [1.54, 1.807) is 0 Å². The molecule has 9 heteroatoms. The van der Waals surface area contributed by atoms with Crippen LogP contribution in [0.5, 0.6) is 5.75 Å². The molecule has 0 spiro atoms. The van der Waals surface area contributed by atoms with E-state index in [0.29, 0.717) is 19.0 Å². The molecule has 154 valence electrons. The number of halogens is 3. The van der Waals surface area contributed by atoms with Gasteiger partial charge >= 0.3 is 6.18 Å². The van der Waals surface area contributed by atoms with Crippen LogP contribution in [0.4, 0.5) is 13.2 Å². The smallest absolute Gasteiger partial charge is 0.416 e. The number of hydrogen-bond acceptors (Lipinski definition) is 3. The zero-order chi connectivity index (χ0) is 20.6. The van der Waals surface area contributed by atoms with Gasteiger partial charge in [0.25, 0.3) is 0 Å². The van der Waals surface area contributed by atoms with E-state index in [1.807, 2.05) is 37.0 Å². The number of aliphatic hydroxyl groups excluding tert-OH is 1. The van der Waals surface area contributed by atoms with Crippen LogP contribution < -0.4 is 15.4 Å². The maximum atomic E-state index is 12.5. The van der Waals surface area contributed by atoms with Crippen LogP contribution in [0.15, 0.2) is 47.7 Å². The summed E-state index contributed by atoms with van der Waals surface area (Å²) in [5.41, 5.74) is 0.317. The molecule has 0 aliphatic heterocycles. The molecule has 1 heterocycles. The molecule has 0 saturated carbocycles. The molecule has 1 unspecified atom stereocenters. The van der Waals surface area contributed by atoms with Gasteiger partial charge in [0.1, 0.15) is 18.5 Å². The van der Waals surface area contributed by atoms with Gasteiger partial charge in [-0.05, 0) is 42.8 Å². The molecule has 1 aromatic heterocycles. The zero-order valence-electron chi connectivity index (χ0n) is 15.8. The number of guanidine groups is 1. The van der Waals surface area contributed by atoms with Crippen molar-refractivity contribution in [1.82, 2.24) is 15.2 Å². The zero-order valence-corrected chi connectivity index (χ0v) is 15.8. The second-order valence-electron chi connectivity index (χ2n) is 6.25. The quantitative estimate of drug-likeness (QED) is 0.472. The Balaban J connectivity index is 1.79. The molecule has 2 rings (SSSR count). The first-order valence-electron chi connectivity index (χ1n) is 8.89. The minimum absolute atomic E-state index is 0.0591. The van der Waals surface area contributed by atoms with Gasteiger partial charge in [0.15, 0.2) is 5.96 Å². The van der Waals surface area contributed by atoms with Gasteiger partial charge < -0.3 is 25.0 Å². The molecule has 0 fully saturated rings. The molecule has 0 saturated heterocycles. The molecule has 2 aromatic rings. The summed E-state index contributed by atoms with van der Waals surface area (Å²) in [7, 11) is 1.93. The molecule has 0 radical (unpaired) electrons. The number of nitrogens with zero attached hydrogens (tertiary/aromatic N) is 2. The highest BCUT2D eigenvalue weighted by atomic mass is 19.4. The van der Waals surface area contributed by atoms with Gasteiger partial charge in [-0.1, -0.05) is 0 Å². The van der Waals surface area contributed by atoms with Crippen molar-refractivity contribution in [2.45, 2.75) is 25.7 Å². The number of hydrogen-bond donors (Lipinski definition) is 3. The predicted octanol–water partition coefficient (Wildman–Crippen LogP) is 2.54. The molecule has 1 atom stereocenters. The Morgan fingerprint density at radius 2 is 1.93 bits per heavy atom. The lowest BCUT2D eigenvalue weighted by molar-refractivity contribution is -0.137. The first-order chi connectivity index (χ1) is 13.3. The van der Waals surface area contributed by atoms with Crippen molar-refractivity contribution in [3.8, 4) is 5.75 Å². The Labute approximate surface area is 162 Å². The van der Waals surface area contributed by atoms with Gasteiger partial charge in [-0.2, -0.15) is 13.2 Å². The number of aliphatic imine (C=N–C) groups is 1. The van der Waals surface area contributed by atoms with Crippen LogP contribution in [0, 0.1) is 0 Å². The number of rotatable bonds is 8. The van der Waals surface area contributed by atoms with Crippen molar-refractivity contribution in [3.63, 3.8) is 0 Å².